The summed E-state index contributed by atoms with van der Waals surface area (Å²) in [6.45, 7) is 5.75. The molecule has 0 bridgehead atoms. The minimum Gasteiger partial charge on any atom is -0.495 e. The highest BCUT2D eigenvalue weighted by Crippen LogP contribution is 2.34. The van der Waals surface area contributed by atoms with Gasteiger partial charge in [-0.05, 0) is 61.4 Å². The molecule has 180 valence electrons. The lowest BCUT2D eigenvalue weighted by molar-refractivity contribution is 0.167. The van der Waals surface area contributed by atoms with Crippen LogP contribution in [0.5, 0.6) is 5.75 Å². The van der Waals surface area contributed by atoms with Gasteiger partial charge in [-0.2, -0.15) is 4.31 Å². The van der Waals surface area contributed by atoms with Crippen LogP contribution in [0.15, 0.2) is 57.9 Å². The molecule has 0 aliphatic carbocycles. The smallest absolute Gasteiger partial charge is 0.246 e. The van der Waals surface area contributed by atoms with Crippen LogP contribution >= 0.6 is 0 Å². The minimum absolute atomic E-state index is 0.175. The summed E-state index contributed by atoms with van der Waals surface area (Å²) in [5.41, 5.74) is 4.23. The fourth-order valence-corrected chi connectivity index (χ4v) is 6.88. The third-order valence-corrected chi connectivity index (χ3v) is 8.79. The second kappa shape index (κ2) is 9.52. The number of fused-ring (bicyclic) bond motifs is 1. The molecule has 0 spiro atoms. The van der Waals surface area contributed by atoms with Crippen molar-refractivity contribution in [2.75, 3.05) is 33.3 Å². The van der Waals surface area contributed by atoms with E-state index in [9.17, 15) is 8.42 Å². The maximum Gasteiger partial charge on any atom is 0.246 e. The van der Waals surface area contributed by atoms with Gasteiger partial charge < -0.3 is 9.26 Å². The van der Waals surface area contributed by atoms with Gasteiger partial charge in [-0.1, -0.05) is 29.4 Å². The van der Waals surface area contributed by atoms with Gasteiger partial charge in [-0.25, -0.2) is 8.42 Å². The van der Waals surface area contributed by atoms with Crippen LogP contribution in [-0.2, 0) is 23.0 Å². The molecule has 2 aromatic carbocycles. The second-order valence-corrected chi connectivity index (χ2v) is 11.2. The Morgan fingerprint density at radius 2 is 1.94 bits per heavy atom. The van der Waals surface area contributed by atoms with Crippen LogP contribution in [0.3, 0.4) is 0 Å². The van der Waals surface area contributed by atoms with Crippen molar-refractivity contribution >= 4 is 10.0 Å². The van der Waals surface area contributed by atoms with E-state index in [1.807, 2.05) is 6.92 Å². The van der Waals surface area contributed by atoms with Gasteiger partial charge >= 0.3 is 0 Å². The van der Waals surface area contributed by atoms with Crippen LogP contribution in [0.25, 0.3) is 11.3 Å². The molecule has 5 rings (SSSR count). The minimum atomic E-state index is -3.72. The van der Waals surface area contributed by atoms with Crippen LogP contribution in [-0.4, -0.2) is 56.1 Å². The van der Waals surface area contributed by atoms with Crippen LogP contribution in [0.1, 0.15) is 29.7 Å². The normalized spacial score (nSPS) is 19.6. The van der Waals surface area contributed by atoms with E-state index in [2.05, 4.69) is 34.3 Å². The van der Waals surface area contributed by atoms with E-state index in [0.29, 0.717) is 36.1 Å². The molecule has 1 fully saturated rings. The number of hydrogen-bond acceptors (Lipinski definition) is 6. The molecular weight excluding hydrogens is 450 g/mol. The fourth-order valence-electron chi connectivity index (χ4n) is 5.14. The van der Waals surface area contributed by atoms with E-state index >= 15 is 0 Å². The van der Waals surface area contributed by atoms with Gasteiger partial charge in [0.05, 0.1) is 12.8 Å². The van der Waals surface area contributed by atoms with Crippen LogP contribution < -0.4 is 4.74 Å². The Morgan fingerprint density at radius 3 is 2.71 bits per heavy atom. The van der Waals surface area contributed by atoms with Crippen molar-refractivity contribution in [1.82, 2.24) is 14.4 Å². The zero-order chi connectivity index (χ0) is 23.7. The Kier molecular flexibility index (Phi) is 6.46. The Morgan fingerprint density at radius 1 is 1.12 bits per heavy atom. The number of aromatic nitrogens is 1. The number of piperidine rings is 1. The summed E-state index contributed by atoms with van der Waals surface area (Å²) in [5, 5.41) is 3.93. The molecule has 2 aliphatic heterocycles. The van der Waals surface area contributed by atoms with Gasteiger partial charge in [-0.3, -0.25) is 4.90 Å². The zero-order valence-electron chi connectivity index (χ0n) is 19.7. The lowest BCUT2D eigenvalue weighted by Gasteiger charge is -2.36. The van der Waals surface area contributed by atoms with Gasteiger partial charge in [0.2, 0.25) is 10.0 Å². The average molecular weight is 482 g/mol. The molecule has 1 unspecified atom stereocenters. The van der Waals surface area contributed by atoms with E-state index in [4.69, 9.17) is 9.26 Å². The Labute approximate surface area is 201 Å². The molecule has 0 radical (unpaired) electrons. The summed E-state index contributed by atoms with van der Waals surface area (Å²) >= 11 is 0. The second-order valence-electron chi connectivity index (χ2n) is 9.32. The lowest BCUT2D eigenvalue weighted by Crippen LogP contribution is -2.44. The first-order valence-corrected chi connectivity index (χ1v) is 13.3. The molecule has 7 nitrogen and oxygen atoms in total. The molecule has 3 heterocycles. The first-order chi connectivity index (χ1) is 16.4. The van der Waals surface area contributed by atoms with Crippen molar-refractivity contribution in [3.05, 3.63) is 65.4 Å². The van der Waals surface area contributed by atoms with Gasteiger partial charge in [0.15, 0.2) is 5.76 Å². The van der Waals surface area contributed by atoms with E-state index < -0.39 is 10.0 Å². The number of aryl methyl sites for hydroxylation is 1. The molecule has 34 heavy (non-hydrogen) atoms. The first kappa shape index (κ1) is 23.1. The fraction of sp³-hybridized carbons (Fsp3) is 0.423. The van der Waals surface area contributed by atoms with Gasteiger partial charge in [0, 0.05) is 44.4 Å². The molecule has 8 heteroatoms. The third-order valence-electron chi connectivity index (χ3n) is 6.90. The predicted molar refractivity (Wildman–Crippen MR) is 130 cm³/mol. The number of ether oxygens (including phenoxy) is 1. The monoisotopic (exact) mass is 481 g/mol. The van der Waals surface area contributed by atoms with E-state index in [1.54, 1.807) is 28.6 Å². The van der Waals surface area contributed by atoms with E-state index in [1.165, 1.54) is 18.2 Å². The summed E-state index contributed by atoms with van der Waals surface area (Å²) in [7, 11) is -2.22. The number of methoxy groups -OCH3 is 1. The molecule has 0 amide bonds. The average Bonchev–Trinajstić information content (AvgIpc) is 3.30. The summed E-state index contributed by atoms with van der Waals surface area (Å²) < 4.78 is 39.9. The summed E-state index contributed by atoms with van der Waals surface area (Å²) in [5.74, 6) is 1.19. The van der Waals surface area contributed by atoms with Gasteiger partial charge in [0.25, 0.3) is 0 Å². The highest BCUT2D eigenvalue weighted by molar-refractivity contribution is 7.89. The van der Waals surface area contributed by atoms with Gasteiger partial charge in [0.1, 0.15) is 10.6 Å². The van der Waals surface area contributed by atoms with Crippen molar-refractivity contribution in [2.24, 2.45) is 5.92 Å². The first-order valence-electron chi connectivity index (χ1n) is 11.8. The topological polar surface area (TPSA) is 75.9 Å². The predicted octanol–water partition coefficient (Wildman–Crippen LogP) is 4.12. The zero-order valence-corrected chi connectivity index (χ0v) is 20.6. The Hall–Kier alpha value is -2.68. The molecular formula is C26H31N3O4S. The van der Waals surface area contributed by atoms with Crippen molar-refractivity contribution in [1.29, 1.82) is 0 Å². The largest absolute Gasteiger partial charge is 0.495 e. The van der Waals surface area contributed by atoms with Crippen LogP contribution in [0, 0.1) is 12.8 Å². The maximum atomic E-state index is 13.7. The number of rotatable bonds is 6. The maximum absolute atomic E-state index is 13.7. The van der Waals surface area contributed by atoms with Crippen LogP contribution in [0.2, 0.25) is 0 Å². The number of nitrogens with zero attached hydrogens (tertiary/aromatic N) is 3. The van der Waals surface area contributed by atoms with Crippen molar-refractivity contribution in [2.45, 2.75) is 37.6 Å². The standard InChI is InChI=1S/C26H31N3O4S/c1-19-14-25(33-27-19)22-9-10-24(32-2)26(15-22)34(30,31)29-12-5-6-20(17-29)16-28-13-11-21-7-3-4-8-23(21)18-28/h3-4,7-10,14-15,20H,5-6,11-13,16-18H2,1-2H3. The molecule has 1 atom stereocenters. The molecule has 1 saturated heterocycles. The molecule has 0 saturated carbocycles. The number of sulfonamides is 1. The number of hydrogen-bond donors (Lipinski definition) is 0. The summed E-state index contributed by atoms with van der Waals surface area (Å²) in [6, 6.07) is 15.5. The van der Waals surface area contributed by atoms with E-state index in [-0.39, 0.29) is 4.90 Å². The SMILES string of the molecule is COc1ccc(-c2cc(C)no2)cc1S(=O)(=O)N1CCCC(CN2CCc3ccccc3C2)C1. The molecule has 3 aromatic rings. The van der Waals surface area contributed by atoms with Crippen LogP contribution in [0.4, 0.5) is 0 Å². The highest BCUT2D eigenvalue weighted by atomic mass is 32.2. The number of benzene rings is 2. The Balaban J connectivity index is 1.34. The quantitative estimate of drug-likeness (QED) is 0.527. The molecule has 1 aromatic heterocycles. The molecule has 2 aliphatic rings. The highest BCUT2D eigenvalue weighted by Gasteiger charge is 2.33. The van der Waals surface area contributed by atoms with Crippen molar-refractivity contribution < 1.29 is 17.7 Å². The lowest BCUT2D eigenvalue weighted by atomic mass is 9.95. The molecule has 0 N–H and O–H groups in total. The van der Waals surface area contributed by atoms with E-state index in [0.717, 1.165) is 44.6 Å². The van der Waals surface area contributed by atoms with Crippen molar-refractivity contribution in [3.8, 4) is 17.1 Å². The third kappa shape index (κ3) is 4.62. The summed E-state index contributed by atoms with van der Waals surface area (Å²) in [4.78, 5) is 2.64. The summed E-state index contributed by atoms with van der Waals surface area (Å²) in [6.07, 6.45) is 2.95. The Bertz CT molecular complexity index is 1270. The van der Waals surface area contributed by atoms with Gasteiger partial charge in [-0.15, -0.1) is 0 Å². The van der Waals surface area contributed by atoms with Crippen molar-refractivity contribution in [3.63, 3.8) is 0 Å².